The third-order valence-corrected chi connectivity index (χ3v) is 3.61. The lowest BCUT2D eigenvalue weighted by molar-refractivity contribution is -0.0135. The molecule has 0 bridgehead atoms. The summed E-state index contributed by atoms with van der Waals surface area (Å²) < 4.78 is 0. The molecule has 4 heteroatoms. The topological polar surface area (TPSA) is 78.5 Å². The van der Waals surface area contributed by atoms with Crippen LogP contribution < -0.4 is 11.1 Å². The van der Waals surface area contributed by atoms with Crippen molar-refractivity contribution in [2.24, 2.45) is 5.73 Å². The molecule has 1 saturated heterocycles. The predicted octanol–water partition coefficient (Wildman–Crippen LogP) is 0.0302. The normalized spacial score (nSPS) is 24.7. The van der Waals surface area contributed by atoms with Crippen LogP contribution in [0.2, 0.25) is 0 Å². The van der Waals surface area contributed by atoms with E-state index in [0.29, 0.717) is 6.42 Å². The molecule has 1 heterocycles. The molecule has 1 aliphatic rings. The lowest BCUT2D eigenvalue weighted by Gasteiger charge is -2.28. The minimum absolute atomic E-state index is 0.0261. The van der Waals surface area contributed by atoms with Gasteiger partial charge in [-0.15, -0.1) is 0 Å². The number of benzene rings is 1. The second-order valence-corrected chi connectivity index (χ2v) is 5.04. The van der Waals surface area contributed by atoms with Crippen LogP contribution in [0, 0.1) is 0 Å². The lowest BCUT2D eigenvalue weighted by atomic mass is 9.94. The Hall–Kier alpha value is -0.940. The van der Waals surface area contributed by atoms with E-state index in [-0.39, 0.29) is 6.04 Å². The van der Waals surface area contributed by atoms with E-state index in [0.717, 1.165) is 24.9 Å². The molecule has 5 N–H and O–H groups in total. The smallest absolute Gasteiger partial charge is 0.0968 e. The zero-order chi connectivity index (χ0) is 13.0. The summed E-state index contributed by atoms with van der Waals surface area (Å²) in [4.78, 5) is 0. The number of hydrogen-bond donors (Lipinski definition) is 4. The Kier molecular flexibility index (Phi) is 4.72. The minimum atomic E-state index is -0.888. The Morgan fingerprint density at radius 3 is 2.61 bits per heavy atom. The monoisotopic (exact) mass is 250 g/mol. The molecule has 18 heavy (non-hydrogen) atoms. The number of aliphatic hydroxyl groups excluding tert-OH is 2. The van der Waals surface area contributed by atoms with E-state index in [9.17, 15) is 10.2 Å². The molecule has 0 aromatic heterocycles. The first-order chi connectivity index (χ1) is 8.68. The zero-order valence-corrected chi connectivity index (χ0v) is 10.5. The first-order valence-electron chi connectivity index (χ1n) is 6.57. The molecule has 0 saturated carbocycles. The molecule has 1 aromatic rings. The van der Waals surface area contributed by atoms with Crippen LogP contribution in [0.5, 0.6) is 0 Å². The SMILES string of the molecule is N[C@H](Cc1ccccc1)[C@@H](O)[C@@H](O)[C@@H]1CCCN1. The van der Waals surface area contributed by atoms with Gasteiger partial charge in [0.2, 0.25) is 0 Å². The van der Waals surface area contributed by atoms with Crippen LogP contribution in [-0.4, -0.2) is 41.0 Å². The summed E-state index contributed by atoms with van der Waals surface area (Å²) in [5, 5.41) is 23.4. The standard InChI is InChI=1S/C14H22N2O2/c15-11(9-10-5-2-1-3-6-10)13(17)14(18)12-7-4-8-16-12/h1-3,5-6,11-14,16-18H,4,7-9,15H2/t11-,12+,13-,14+/m1/s1. The largest absolute Gasteiger partial charge is 0.389 e. The average molecular weight is 250 g/mol. The summed E-state index contributed by atoms with van der Waals surface area (Å²) in [5.74, 6) is 0. The van der Waals surface area contributed by atoms with Crippen LogP contribution in [-0.2, 0) is 6.42 Å². The fraction of sp³-hybridized carbons (Fsp3) is 0.571. The highest BCUT2D eigenvalue weighted by Gasteiger charge is 2.31. The van der Waals surface area contributed by atoms with E-state index >= 15 is 0 Å². The van der Waals surface area contributed by atoms with E-state index < -0.39 is 18.2 Å². The van der Waals surface area contributed by atoms with Crippen molar-refractivity contribution in [2.75, 3.05) is 6.54 Å². The first-order valence-corrected chi connectivity index (χ1v) is 6.57. The Bertz CT molecular complexity index is 352. The summed E-state index contributed by atoms with van der Waals surface area (Å²) in [7, 11) is 0. The fourth-order valence-corrected chi connectivity index (χ4v) is 2.50. The molecular weight excluding hydrogens is 228 g/mol. The van der Waals surface area contributed by atoms with Gasteiger partial charge < -0.3 is 21.3 Å². The van der Waals surface area contributed by atoms with Gasteiger partial charge >= 0.3 is 0 Å². The quantitative estimate of drug-likeness (QED) is 0.594. The van der Waals surface area contributed by atoms with Crippen molar-refractivity contribution in [1.29, 1.82) is 0 Å². The molecule has 2 rings (SSSR count). The highest BCUT2D eigenvalue weighted by molar-refractivity contribution is 5.16. The maximum Gasteiger partial charge on any atom is 0.0968 e. The van der Waals surface area contributed by atoms with Crippen LogP contribution >= 0.6 is 0 Å². The van der Waals surface area contributed by atoms with Crippen molar-refractivity contribution in [3.63, 3.8) is 0 Å². The van der Waals surface area contributed by atoms with Gasteiger partial charge in [-0.1, -0.05) is 30.3 Å². The van der Waals surface area contributed by atoms with Gasteiger partial charge in [0.15, 0.2) is 0 Å². The van der Waals surface area contributed by atoms with Gasteiger partial charge in [-0.2, -0.15) is 0 Å². The van der Waals surface area contributed by atoms with E-state index in [1.54, 1.807) is 0 Å². The molecule has 1 aliphatic heterocycles. The van der Waals surface area contributed by atoms with Crippen molar-refractivity contribution >= 4 is 0 Å². The summed E-state index contributed by atoms with van der Waals surface area (Å²) in [5.41, 5.74) is 7.06. The van der Waals surface area contributed by atoms with Crippen LogP contribution in [0.1, 0.15) is 18.4 Å². The van der Waals surface area contributed by atoms with Crippen LogP contribution in [0.25, 0.3) is 0 Å². The molecule has 100 valence electrons. The van der Waals surface area contributed by atoms with E-state index in [1.807, 2.05) is 30.3 Å². The molecule has 0 spiro atoms. The van der Waals surface area contributed by atoms with Gasteiger partial charge in [0, 0.05) is 12.1 Å². The fourth-order valence-electron chi connectivity index (χ4n) is 2.50. The Balaban J connectivity index is 1.89. The zero-order valence-electron chi connectivity index (χ0n) is 10.5. The molecule has 4 nitrogen and oxygen atoms in total. The van der Waals surface area contributed by atoms with Gasteiger partial charge in [0.25, 0.3) is 0 Å². The summed E-state index contributed by atoms with van der Waals surface area (Å²) in [6, 6.07) is 9.33. The minimum Gasteiger partial charge on any atom is -0.389 e. The van der Waals surface area contributed by atoms with Crippen molar-refractivity contribution in [1.82, 2.24) is 5.32 Å². The van der Waals surface area contributed by atoms with Crippen LogP contribution in [0.3, 0.4) is 0 Å². The second kappa shape index (κ2) is 6.29. The van der Waals surface area contributed by atoms with Crippen LogP contribution in [0.15, 0.2) is 30.3 Å². The third-order valence-electron chi connectivity index (χ3n) is 3.61. The number of rotatable bonds is 5. The molecule has 4 atom stereocenters. The highest BCUT2D eigenvalue weighted by atomic mass is 16.3. The number of aliphatic hydroxyl groups is 2. The van der Waals surface area contributed by atoms with Gasteiger partial charge in [-0.25, -0.2) is 0 Å². The Morgan fingerprint density at radius 2 is 2.00 bits per heavy atom. The Labute approximate surface area is 108 Å². The molecule has 0 radical (unpaired) electrons. The number of hydrogen-bond acceptors (Lipinski definition) is 4. The number of nitrogens with one attached hydrogen (secondary N) is 1. The van der Waals surface area contributed by atoms with Gasteiger partial charge in [0.05, 0.1) is 12.2 Å². The van der Waals surface area contributed by atoms with Crippen molar-refractivity contribution in [3.05, 3.63) is 35.9 Å². The third kappa shape index (κ3) is 3.29. The van der Waals surface area contributed by atoms with Gasteiger partial charge in [-0.05, 0) is 31.4 Å². The second-order valence-electron chi connectivity index (χ2n) is 5.04. The van der Waals surface area contributed by atoms with Crippen molar-refractivity contribution in [3.8, 4) is 0 Å². The summed E-state index contributed by atoms with van der Waals surface area (Å²) in [6.07, 6.45) is 0.844. The predicted molar refractivity (Wildman–Crippen MR) is 71.2 cm³/mol. The van der Waals surface area contributed by atoms with Crippen molar-refractivity contribution in [2.45, 2.75) is 43.6 Å². The van der Waals surface area contributed by atoms with E-state index in [1.165, 1.54) is 0 Å². The van der Waals surface area contributed by atoms with Crippen LogP contribution in [0.4, 0.5) is 0 Å². The summed E-state index contributed by atoms with van der Waals surface area (Å²) >= 11 is 0. The summed E-state index contributed by atoms with van der Waals surface area (Å²) in [6.45, 7) is 0.905. The maximum absolute atomic E-state index is 10.1. The molecule has 0 aliphatic carbocycles. The average Bonchev–Trinajstić information content (AvgIpc) is 2.92. The molecule has 0 unspecified atom stereocenters. The number of nitrogens with two attached hydrogens (primary N) is 1. The lowest BCUT2D eigenvalue weighted by Crippen LogP contribution is -2.51. The maximum atomic E-state index is 10.1. The first kappa shape index (κ1) is 13.5. The Morgan fingerprint density at radius 1 is 1.28 bits per heavy atom. The van der Waals surface area contributed by atoms with E-state index in [2.05, 4.69) is 5.32 Å². The van der Waals surface area contributed by atoms with Gasteiger partial charge in [0.1, 0.15) is 0 Å². The van der Waals surface area contributed by atoms with Crippen molar-refractivity contribution < 1.29 is 10.2 Å². The molecular formula is C14H22N2O2. The molecule has 1 aromatic carbocycles. The highest BCUT2D eigenvalue weighted by Crippen LogP contribution is 2.15. The van der Waals surface area contributed by atoms with Gasteiger partial charge in [-0.3, -0.25) is 0 Å². The van der Waals surface area contributed by atoms with E-state index in [4.69, 9.17) is 5.73 Å². The molecule has 0 amide bonds. The molecule has 1 fully saturated rings.